The Balaban J connectivity index is 2.12. The predicted molar refractivity (Wildman–Crippen MR) is 74.2 cm³/mol. The summed E-state index contributed by atoms with van der Waals surface area (Å²) in [7, 11) is 0. The second kappa shape index (κ2) is 5.40. The molecule has 2 rings (SSSR count). The van der Waals surface area contributed by atoms with E-state index in [2.05, 4.69) is 38.7 Å². The second-order valence-corrected chi connectivity index (χ2v) is 6.08. The molecular formula is C16H24FN. The molecule has 1 aromatic carbocycles. The average molecular weight is 249 g/mol. The zero-order valence-electron chi connectivity index (χ0n) is 11.9. The van der Waals surface area contributed by atoms with Gasteiger partial charge < -0.3 is 0 Å². The molecule has 0 N–H and O–H groups in total. The molecule has 1 fully saturated rings. The molecule has 1 aromatic rings. The first-order chi connectivity index (χ1) is 8.49. The zero-order chi connectivity index (χ0) is 13.3. The van der Waals surface area contributed by atoms with Crippen molar-refractivity contribution in [3.05, 3.63) is 35.6 Å². The number of hydrogen-bond acceptors (Lipinski definition) is 1. The van der Waals surface area contributed by atoms with E-state index < -0.39 is 0 Å². The molecule has 18 heavy (non-hydrogen) atoms. The molecule has 0 amide bonds. The smallest absolute Gasteiger partial charge is 0.123 e. The summed E-state index contributed by atoms with van der Waals surface area (Å²) >= 11 is 0. The number of rotatable bonds is 3. The average Bonchev–Trinajstić information content (AvgIpc) is 2.70. The molecule has 0 radical (unpaired) electrons. The van der Waals surface area contributed by atoms with Crippen LogP contribution in [0.1, 0.15) is 39.2 Å². The Bertz CT molecular complexity index is 402. The summed E-state index contributed by atoms with van der Waals surface area (Å²) in [5.74, 6) is 1.63. The standard InChI is InChI=1S/C16H24FN/c1-11(2)13(4)18-9-12(3)16(10-18)14-6-5-7-15(17)8-14/h5-8,11-13,16H,9-10H2,1-4H3. The van der Waals surface area contributed by atoms with Crippen molar-refractivity contribution in [2.75, 3.05) is 13.1 Å². The molecule has 1 nitrogen and oxygen atoms in total. The lowest BCUT2D eigenvalue weighted by atomic mass is 9.90. The summed E-state index contributed by atoms with van der Waals surface area (Å²) in [4.78, 5) is 2.55. The Kier molecular flexibility index (Phi) is 4.06. The number of benzene rings is 1. The summed E-state index contributed by atoms with van der Waals surface area (Å²) in [5.41, 5.74) is 1.15. The maximum absolute atomic E-state index is 13.3. The molecule has 1 heterocycles. The van der Waals surface area contributed by atoms with Gasteiger partial charge in [-0.2, -0.15) is 0 Å². The van der Waals surface area contributed by atoms with Gasteiger partial charge in [-0.1, -0.05) is 32.9 Å². The zero-order valence-corrected chi connectivity index (χ0v) is 11.9. The Morgan fingerprint density at radius 3 is 2.56 bits per heavy atom. The fraction of sp³-hybridized carbons (Fsp3) is 0.625. The molecule has 0 aliphatic carbocycles. The first-order valence-electron chi connectivity index (χ1n) is 6.98. The molecule has 2 heteroatoms. The largest absolute Gasteiger partial charge is 0.300 e. The number of nitrogens with zero attached hydrogens (tertiary/aromatic N) is 1. The van der Waals surface area contributed by atoms with Crippen molar-refractivity contribution < 1.29 is 4.39 Å². The van der Waals surface area contributed by atoms with Gasteiger partial charge in [0.15, 0.2) is 0 Å². The monoisotopic (exact) mass is 249 g/mol. The lowest BCUT2D eigenvalue weighted by molar-refractivity contribution is 0.201. The van der Waals surface area contributed by atoms with E-state index in [9.17, 15) is 4.39 Å². The Hall–Kier alpha value is -0.890. The molecule has 1 aliphatic rings. The lowest BCUT2D eigenvalue weighted by Gasteiger charge is -2.27. The quantitative estimate of drug-likeness (QED) is 0.785. The minimum absolute atomic E-state index is 0.116. The molecule has 3 atom stereocenters. The van der Waals surface area contributed by atoms with E-state index in [-0.39, 0.29) is 5.82 Å². The minimum Gasteiger partial charge on any atom is -0.300 e. The third kappa shape index (κ3) is 2.74. The van der Waals surface area contributed by atoms with Crippen molar-refractivity contribution >= 4 is 0 Å². The van der Waals surface area contributed by atoms with Crippen molar-refractivity contribution in [2.45, 2.75) is 39.7 Å². The van der Waals surface area contributed by atoms with Crippen LogP contribution in [-0.2, 0) is 0 Å². The van der Waals surface area contributed by atoms with Crippen molar-refractivity contribution in [1.82, 2.24) is 4.90 Å². The Morgan fingerprint density at radius 2 is 1.94 bits per heavy atom. The molecule has 0 spiro atoms. The molecule has 0 saturated carbocycles. The van der Waals surface area contributed by atoms with Crippen LogP contribution in [0, 0.1) is 17.7 Å². The van der Waals surface area contributed by atoms with E-state index in [0.717, 1.165) is 18.7 Å². The Morgan fingerprint density at radius 1 is 1.22 bits per heavy atom. The molecule has 1 saturated heterocycles. The van der Waals surface area contributed by atoms with Crippen LogP contribution in [0.4, 0.5) is 4.39 Å². The first kappa shape index (κ1) is 13.5. The highest BCUT2D eigenvalue weighted by Gasteiger charge is 2.33. The maximum atomic E-state index is 13.3. The number of halogens is 1. The van der Waals surface area contributed by atoms with Gasteiger partial charge in [0.25, 0.3) is 0 Å². The third-order valence-electron chi connectivity index (χ3n) is 4.46. The van der Waals surface area contributed by atoms with Gasteiger partial charge in [-0.25, -0.2) is 4.39 Å². The first-order valence-corrected chi connectivity index (χ1v) is 6.98. The van der Waals surface area contributed by atoms with Gasteiger partial charge in [0.1, 0.15) is 5.82 Å². The van der Waals surface area contributed by atoms with Crippen LogP contribution in [-0.4, -0.2) is 24.0 Å². The predicted octanol–water partition coefficient (Wildman–Crippen LogP) is 3.91. The van der Waals surface area contributed by atoms with Crippen LogP contribution in [0.2, 0.25) is 0 Å². The van der Waals surface area contributed by atoms with Gasteiger partial charge in [0.2, 0.25) is 0 Å². The van der Waals surface area contributed by atoms with Crippen molar-refractivity contribution in [3.8, 4) is 0 Å². The summed E-state index contributed by atoms with van der Waals surface area (Å²) in [6, 6.07) is 7.72. The van der Waals surface area contributed by atoms with Crippen molar-refractivity contribution in [2.24, 2.45) is 11.8 Å². The summed E-state index contributed by atoms with van der Waals surface area (Å²) in [6.45, 7) is 11.3. The van der Waals surface area contributed by atoms with Crippen LogP contribution in [0.25, 0.3) is 0 Å². The van der Waals surface area contributed by atoms with E-state index >= 15 is 0 Å². The van der Waals surface area contributed by atoms with Gasteiger partial charge in [-0.15, -0.1) is 0 Å². The highest BCUT2D eigenvalue weighted by atomic mass is 19.1. The normalized spacial score (nSPS) is 26.8. The highest BCUT2D eigenvalue weighted by molar-refractivity contribution is 5.23. The van der Waals surface area contributed by atoms with E-state index in [1.165, 1.54) is 6.07 Å². The summed E-state index contributed by atoms with van der Waals surface area (Å²) in [5, 5.41) is 0. The van der Waals surface area contributed by atoms with Gasteiger partial charge in [0.05, 0.1) is 0 Å². The minimum atomic E-state index is -0.116. The van der Waals surface area contributed by atoms with Gasteiger partial charge in [-0.05, 0) is 36.5 Å². The van der Waals surface area contributed by atoms with Crippen molar-refractivity contribution in [3.63, 3.8) is 0 Å². The molecule has 1 aliphatic heterocycles. The van der Waals surface area contributed by atoms with E-state index in [1.807, 2.05) is 6.07 Å². The molecule has 0 aromatic heterocycles. The van der Waals surface area contributed by atoms with E-state index in [0.29, 0.717) is 23.8 Å². The SMILES string of the molecule is CC(C)C(C)N1CC(C)C(c2cccc(F)c2)C1. The van der Waals surface area contributed by atoms with Gasteiger partial charge in [-0.3, -0.25) is 4.90 Å². The van der Waals surface area contributed by atoms with E-state index in [1.54, 1.807) is 6.07 Å². The third-order valence-corrected chi connectivity index (χ3v) is 4.46. The highest BCUT2D eigenvalue weighted by Crippen LogP contribution is 2.34. The van der Waals surface area contributed by atoms with Gasteiger partial charge >= 0.3 is 0 Å². The maximum Gasteiger partial charge on any atom is 0.123 e. The molecule has 3 unspecified atom stereocenters. The van der Waals surface area contributed by atoms with Crippen LogP contribution >= 0.6 is 0 Å². The molecule has 0 bridgehead atoms. The molecular weight excluding hydrogens is 225 g/mol. The number of hydrogen-bond donors (Lipinski definition) is 0. The number of likely N-dealkylation sites (tertiary alicyclic amines) is 1. The second-order valence-electron chi connectivity index (χ2n) is 6.08. The fourth-order valence-electron chi connectivity index (χ4n) is 2.93. The fourth-order valence-corrected chi connectivity index (χ4v) is 2.93. The van der Waals surface area contributed by atoms with Crippen LogP contribution in [0.15, 0.2) is 24.3 Å². The van der Waals surface area contributed by atoms with Crippen molar-refractivity contribution in [1.29, 1.82) is 0 Å². The summed E-state index contributed by atoms with van der Waals surface area (Å²) < 4.78 is 13.3. The van der Waals surface area contributed by atoms with Gasteiger partial charge in [0, 0.05) is 25.0 Å². The van der Waals surface area contributed by atoms with Crippen LogP contribution in [0.5, 0.6) is 0 Å². The lowest BCUT2D eigenvalue weighted by Crippen LogP contribution is -2.34. The topological polar surface area (TPSA) is 3.24 Å². The Labute approximate surface area is 110 Å². The van der Waals surface area contributed by atoms with E-state index in [4.69, 9.17) is 0 Å². The molecule has 100 valence electrons. The van der Waals surface area contributed by atoms with Crippen LogP contribution in [0.3, 0.4) is 0 Å². The summed E-state index contributed by atoms with van der Waals surface area (Å²) in [6.07, 6.45) is 0. The van der Waals surface area contributed by atoms with Crippen LogP contribution < -0.4 is 0 Å².